The summed E-state index contributed by atoms with van der Waals surface area (Å²) in [5.74, 6) is 0.736. The van der Waals surface area contributed by atoms with Gasteiger partial charge in [0, 0.05) is 22.5 Å². The monoisotopic (exact) mass is 437 g/mol. The highest BCUT2D eigenvalue weighted by atomic mass is 16.3. The van der Waals surface area contributed by atoms with E-state index in [-0.39, 0.29) is 16.2 Å². The van der Waals surface area contributed by atoms with Gasteiger partial charge in [0.25, 0.3) is 0 Å². The molecule has 0 spiro atoms. The highest BCUT2D eigenvalue weighted by molar-refractivity contribution is 6.06. The summed E-state index contributed by atoms with van der Waals surface area (Å²) in [5.41, 5.74) is 9.15. The third kappa shape index (κ3) is 3.02. The molecule has 0 saturated heterocycles. The number of pyridine rings is 1. The first-order chi connectivity index (χ1) is 15.6. The van der Waals surface area contributed by atoms with Gasteiger partial charge in [-0.1, -0.05) is 66.2 Å². The number of nitrogens with zero attached hydrogens (tertiary/aromatic N) is 1. The Balaban J connectivity index is 1.62. The van der Waals surface area contributed by atoms with Crippen LogP contribution in [-0.4, -0.2) is 4.98 Å². The smallest absolute Gasteiger partial charge is 0.136 e. The molecular weight excluding hydrogens is 402 g/mol. The third-order valence-corrected chi connectivity index (χ3v) is 9.05. The van der Waals surface area contributed by atoms with Gasteiger partial charge in [-0.15, -0.1) is 0 Å². The minimum absolute atomic E-state index is 0.168. The standard InChI is InChI=1S/C31H35NO/c1-7-19-17-31(19,6)23-14-21-20-10-8-9-11-27(20)33-28(21)15-22(23)26-16-24-25(18-32-26)30(4,5)13-12-29(24,2)3/h8-11,14-16,18-19H,7,12-13,17H2,1-6H3. The maximum absolute atomic E-state index is 6.31. The Kier molecular flexibility index (Phi) is 4.27. The quantitative estimate of drug-likeness (QED) is 0.320. The summed E-state index contributed by atoms with van der Waals surface area (Å²) in [6, 6.07) is 15.5. The zero-order valence-electron chi connectivity index (χ0n) is 20.9. The lowest BCUT2D eigenvalue weighted by molar-refractivity contribution is 0.331. The molecule has 170 valence electrons. The Morgan fingerprint density at radius 1 is 0.848 bits per heavy atom. The van der Waals surface area contributed by atoms with E-state index in [0.717, 1.165) is 22.8 Å². The van der Waals surface area contributed by atoms with Gasteiger partial charge in [-0.25, -0.2) is 0 Å². The number of hydrogen-bond donors (Lipinski definition) is 0. The highest BCUT2D eigenvalue weighted by Gasteiger charge is 2.51. The number of rotatable bonds is 3. The molecular formula is C31H35NO. The molecule has 33 heavy (non-hydrogen) atoms. The van der Waals surface area contributed by atoms with Crippen LogP contribution in [0.2, 0.25) is 0 Å². The van der Waals surface area contributed by atoms with Gasteiger partial charge >= 0.3 is 0 Å². The van der Waals surface area contributed by atoms with Crippen LogP contribution in [-0.2, 0) is 16.2 Å². The molecule has 2 nitrogen and oxygen atoms in total. The molecule has 2 atom stereocenters. The molecule has 6 rings (SSSR count). The van der Waals surface area contributed by atoms with E-state index in [4.69, 9.17) is 9.40 Å². The zero-order chi connectivity index (χ0) is 23.2. The van der Waals surface area contributed by atoms with Crippen molar-refractivity contribution in [2.75, 3.05) is 0 Å². The van der Waals surface area contributed by atoms with Gasteiger partial charge in [-0.2, -0.15) is 0 Å². The summed E-state index contributed by atoms with van der Waals surface area (Å²) >= 11 is 0. The van der Waals surface area contributed by atoms with Gasteiger partial charge in [0.2, 0.25) is 0 Å². The summed E-state index contributed by atoms with van der Waals surface area (Å²) in [7, 11) is 0. The SMILES string of the molecule is CCC1CC1(C)c1cc2c(cc1-c1cc3c(cn1)C(C)(C)CCC3(C)C)oc1ccccc12. The fraction of sp³-hybridized carbons (Fsp3) is 0.452. The molecule has 2 heterocycles. The zero-order valence-corrected chi connectivity index (χ0v) is 20.9. The van der Waals surface area contributed by atoms with Gasteiger partial charge in [0.05, 0.1) is 5.69 Å². The molecule has 2 aromatic carbocycles. The van der Waals surface area contributed by atoms with Crippen molar-refractivity contribution < 1.29 is 4.42 Å². The van der Waals surface area contributed by atoms with Crippen molar-refractivity contribution in [3.05, 3.63) is 65.4 Å². The molecule has 0 aliphatic heterocycles. The van der Waals surface area contributed by atoms with E-state index in [1.807, 2.05) is 0 Å². The van der Waals surface area contributed by atoms with Crippen molar-refractivity contribution in [2.24, 2.45) is 5.92 Å². The van der Waals surface area contributed by atoms with Crippen molar-refractivity contribution in [3.63, 3.8) is 0 Å². The average Bonchev–Trinajstić information content (AvgIpc) is 3.34. The normalized spacial score (nSPS) is 25.3. The molecule has 2 aromatic heterocycles. The Hall–Kier alpha value is -2.61. The number of benzene rings is 2. The molecule has 2 aliphatic carbocycles. The number of hydrogen-bond acceptors (Lipinski definition) is 2. The van der Waals surface area contributed by atoms with Crippen molar-refractivity contribution in [3.8, 4) is 11.3 Å². The lowest BCUT2D eigenvalue weighted by Crippen LogP contribution is -2.34. The van der Waals surface area contributed by atoms with Gasteiger partial charge in [0.1, 0.15) is 11.2 Å². The van der Waals surface area contributed by atoms with E-state index >= 15 is 0 Å². The van der Waals surface area contributed by atoms with Gasteiger partial charge in [0.15, 0.2) is 0 Å². The molecule has 0 amide bonds. The largest absolute Gasteiger partial charge is 0.456 e. The van der Waals surface area contributed by atoms with Gasteiger partial charge < -0.3 is 4.42 Å². The summed E-state index contributed by atoms with van der Waals surface area (Å²) in [6.07, 6.45) is 7.06. The van der Waals surface area contributed by atoms with Crippen LogP contribution in [0.5, 0.6) is 0 Å². The molecule has 0 bridgehead atoms. The molecule has 1 saturated carbocycles. The minimum Gasteiger partial charge on any atom is -0.456 e. The second-order valence-corrected chi connectivity index (χ2v) is 12.1. The molecule has 0 N–H and O–H groups in total. The first kappa shape index (κ1) is 21.0. The van der Waals surface area contributed by atoms with Crippen molar-refractivity contribution >= 4 is 21.9 Å². The number of furan rings is 1. The lowest BCUT2D eigenvalue weighted by Gasteiger charge is -2.41. The van der Waals surface area contributed by atoms with E-state index in [1.54, 1.807) is 0 Å². The summed E-state index contributed by atoms with van der Waals surface area (Å²) in [6.45, 7) is 14.3. The maximum Gasteiger partial charge on any atom is 0.136 e. The van der Waals surface area contributed by atoms with E-state index in [1.165, 1.54) is 58.7 Å². The van der Waals surface area contributed by atoms with Crippen LogP contribution in [0, 0.1) is 5.92 Å². The van der Waals surface area contributed by atoms with Crippen LogP contribution in [0.15, 0.2) is 53.1 Å². The average molecular weight is 438 g/mol. The number of para-hydroxylation sites is 1. The second kappa shape index (κ2) is 6.72. The molecule has 0 radical (unpaired) electrons. The van der Waals surface area contributed by atoms with Crippen LogP contribution in [0.4, 0.5) is 0 Å². The Bertz CT molecular complexity index is 1410. The van der Waals surface area contributed by atoms with Crippen LogP contribution < -0.4 is 0 Å². The number of aromatic nitrogens is 1. The van der Waals surface area contributed by atoms with Crippen LogP contribution in [0.25, 0.3) is 33.2 Å². The Morgan fingerprint density at radius 2 is 1.58 bits per heavy atom. The van der Waals surface area contributed by atoms with Crippen LogP contribution >= 0.6 is 0 Å². The topological polar surface area (TPSA) is 26.0 Å². The van der Waals surface area contributed by atoms with Crippen molar-refractivity contribution in [1.82, 2.24) is 4.98 Å². The van der Waals surface area contributed by atoms with Gasteiger partial charge in [-0.05, 0) is 82.4 Å². The fourth-order valence-electron chi connectivity index (χ4n) is 6.43. The lowest BCUT2D eigenvalue weighted by atomic mass is 9.63. The highest BCUT2D eigenvalue weighted by Crippen LogP contribution is 2.58. The summed E-state index contributed by atoms with van der Waals surface area (Å²) < 4.78 is 6.31. The van der Waals surface area contributed by atoms with Crippen molar-refractivity contribution in [1.29, 1.82) is 0 Å². The Morgan fingerprint density at radius 3 is 2.30 bits per heavy atom. The maximum atomic E-state index is 6.31. The second-order valence-electron chi connectivity index (χ2n) is 12.1. The minimum atomic E-state index is 0.168. The predicted octanol–water partition coefficient (Wildman–Crippen LogP) is 8.68. The molecule has 2 aliphatic rings. The molecule has 2 unspecified atom stereocenters. The summed E-state index contributed by atoms with van der Waals surface area (Å²) in [5, 5.41) is 2.44. The fourth-order valence-corrected chi connectivity index (χ4v) is 6.43. The first-order valence-corrected chi connectivity index (χ1v) is 12.6. The van der Waals surface area contributed by atoms with E-state index in [2.05, 4.69) is 90.2 Å². The summed E-state index contributed by atoms with van der Waals surface area (Å²) in [4.78, 5) is 5.10. The third-order valence-electron chi connectivity index (χ3n) is 9.05. The molecule has 2 heteroatoms. The van der Waals surface area contributed by atoms with Crippen LogP contribution in [0.3, 0.4) is 0 Å². The molecule has 1 fully saturated rings. The van der Waals surface area contributed by atoms with E-state index in [0.29, 0.717) is 0 Å². The van der Waals surface area contributed by atoms with E-state index < -0.39 is 0 Å². The number of fused-ring (bicyclic) bond motifs is 4. The first-order valence-electron chi connectivity index (χ1n) is 12.6. The van der Waals surface area contributed by atoms with Gasteiger partial charge in [-0.3, -0.25) is 4.98 Å². The predicted molar refractivity (Wildman–Crippen MR) is 138 cm³/mol. The molecule has 4 aromatic rings. The Labute approximate surface area is 197 Å². The van der Waals surface area contributed by atoms with E-state index in [9.17, 15) is 0 Å². The van der Waals surface area contributed by atoms with Crippen molar-refractivity contribution in [2.45, 2.75) is 83.5 Å². The van der Waals surface area contributed by atoms with Crippen LogP contribution in [0.1, 0.15) is 83.9 Å².